The summed E-state index contributed by atoms with van der Waals surface area (Å²) in [5.41, 5.74) is 3.40. The molecule has 0 saturated carbocycles. The zero-order chi connectivity index (χ0) is 23.5. The maximum atomic E-state index is 13.6. The van der Waals surface area contributed by atoms with E-state index in [0.717, 1.165) is 48.2 Å². The molecule has 4 rings (SSSR count). The lowest BCUT2D eigenvalue weighted by Gasteiger charge is -2.35. The fraction of sp³-hybridized carbons (Fsp3) is 0.462. The van der Waals surface area contributed by atoms with Crippen LogP contribution in [-0.4, -0.2) is 35.4 Å². The molecule has 0 saturated heterocycles. The third-order valence-electron chi connectivity index (χ3n) is 6.60. The number of carbonyl (C=O) groups is 2. The molecule has 2 heterocycles. The maximum absolute atomic E-state index is 13.6. The van der Waals surface area contributed by atoms with Crippen molar-refractivity contribution in [3.8, 4) is 0 Å². The summed E-state index contributed by atoms with van der Waals surface area (Å²) >= 11 is 1.59. The minimum absolute atomic E-state index is 0.0366. The number of thioether (sulfide) groups is 1. The van der Waals surface area contributed by atoms with Gasteiger partial charge in [0.2, 0.25) is 11.8 Å². The molecule has 0 fully saturated rings. The number of hydrogen-bond acceptors (Lipinski definition) is 3. The van der Waals surface area contributed by atoms with Crippen LogP contribution in [0.2, 0.25) is 0 Å². The first kappa shape index (κ1) is 23.7. The van der Waals surface area contributed by atoms with Crippen LogP contribution in [0.15, 0.2) is 36.4 Å². The lowest BCUT2D eigenvalue weighted by Crippen LogP contribution is -2.42. The first-order valence-corrected chi connectivity index (χ1v) is 12.8. The lowest BCUT2D eigenvalue weighted by molar-refractivity contribution is -0.119. The first-order chi connectivity index (χ1) is 15.8. The molecule has 0 aliphatic carbocycles. The number of benzene rings is 2. The SMILES string of the molecule is C[C@@H]1CCc2cc(F)ccc2N1C(=O)CCSCCC(=O)N1c2ccc(F)cc2CC[C@H]1C. The Balaban J connectivity index is 1.28. The number of aryl methyl sites for hydroxylation is 2. The molecule has 2 aliphatic heterocycles. The number of nitrogens with zero attached hydrogens (tertiary/aromatic N) is 2. The summed E-state index contributed by atoms with van der Waals surface area (Å²) in [6.07, 6.45) is 3.95. The number of fused-ring (bicyclic) bond motifs is 2. The largest absolute Gasteiger partial charge is 0.309 e. The van der Waals surface area contributed by atoms with Gasteiger partial charge in [-0.3, -0.25) is 9.59 Å². The second-order valence-electron chi connectivity index (χ2n) is 8.96. The van der Waals surface area contributed by atoms with E-state index in [2.05, 4.69) is 0 Å². The van der Waals surface area contributed by atoms with E-state index in [4.69, 9.17) is 0 Å². The fourth-order valence-electron chi connectivity index (χ4n) is 4.86. The summed E-state index contributed by atoms with van der Waals surface area (Å²) in [5, 5.41) is 0. The van der Waals surface area contributed by atoms with Crippen molar-refractivity contribution in [2.75, 3.05) is 21.3 Å². The molecule has 176 valence electrons. The number of halogens is 2. The van der Waals surface area contributed by atoms with E-state index in [1.807, 2.05) is 13.8 Å². The number of hydrogen-bond donors (Lipinski definition) is 0. The molecule has 0 spiro atoms. The van der Waals surface area contributed by atoms with E-state index in [-0.39, 0.29) is 35.5 Å². The third-order valence-corrected chi connectivity index (χ3v) is 7.59. The minimum Gasteiger partial charge on any atom is -0.309 e. The van der Waals surface area contributed by atoms with E-state index in [1.165, 1.54) is 24.3 Å². The molecule has 2 atom stereocenters. The average Bonchev–Trinajstić information content (AvgIpc) is 2.78. The van der Waals surface area contributed by atoms with E-state index >= 15 is 0 Å². The van der Waals surface area contributed by atoms with Crippen LogP contribution in [0, 0.1) is 11.6 Å². The molecule has 0 bridgehead atoms. The third kappa shape index (κ3) is 5.24. The lowest BCUT2D eigenvalue weighted by atomic mass is 9.96. The molecule has 0 radical (unpaired) electrons. The molecule has 2 aliphatic rings. The molecular formula is C26H30F2N2O2S. The van der Waals surface area contributed by atoms with Gasteiger partial charge in [-0.25, -0.2) is 8.78 Å². The fourth-order valence-corrected chi connectivity index (χ4v) is 5.70. The van der Waals surface area contributed by atoms with Crippen LogP contribution < -0.4 is 9.80 Å². The highest BCUT2D eigenvalue weighted by atomic mass is 32.2. The number of anilines is 2. The van der Waals surface area contributed by atoms with Crippen LogP contribution in [0.3, 0.4) is 0 Å². The van der Waals surface area contributed by atoms with Gasteiger partial charge in [0.15, 0.2) is 0 Å². The van der Waals surface area contributed by atoms with Gasteiger partial charge in [0.1, 0.15) is 11.6 Å². The van der Waals surface area contributed by atoms with Crippen molar-refractivity contribution in [3.63, 3.8) is 0 Å². The Labute approximate surface area is 198 Å². The van der Waals surface area contributed by atoms with Crippen LogP contribution in [-0.2, 0) is 22.4 Å². The van der Waals surface area contributed by atoms with Crippen LogP contribution in [0.4, 0.5) is 20.2 Å². The average molecular weight is 473 g/mol. The van der Waals surface area contributed by atoms with Crippen molar-refractivity contribution in [1.29, 1.82) is 0 Å². The molecule has 7 heteroatoms. The van der Waals surface area contributed by atoms with Gasteiger partial charge in [-0.05, 0) is 87.1 Å². The van der Waals surface area contributed by atoms with E-state index < -0.39 is 0 Å². The molecule has 2 aromatic rings. The van der Waals surface area contributed by atoms with Crippen molar-refractivity contribution in [2.45, 2.75) is 64.5 Å². The normalized spacial score (nSPS) is 19.8. The summed E-state index contributed by atoms with van der Waals surface area (Å²) in [6.45, 7) is 4.05. The van der Waals surface area contributed by atoms with E-state index in [9.17, 15) is 18.4 Å². The smallest absolute Gasteiger partial charge is 0.228 e. The topological polar surface area (TPSA) is 40.6 Å². The zero-order valence-corrected chi connectivity index (χ0v) is 20.0. The summed E-state index contributed by atoms with van der Waals surface area (Å²) in [7, 11) is 0. The van der Waals surface area contributed by atoms with Gasteiger partial charge in [0.25, 0.3) is 0 Å². The summed E-state index contributed by atoms with van der Waals surface area (Å²) in [6, 6.07) is 9.45. The monoisotopic (exact) mass is 472 g/mol. The summed E-state index contributed by atoms with van der Waals surface area (Å²) < 4.78 is 27.2. The zero-order valence-electron chi connectivity index (χ0n) is 19.2. The molecule has 0 N–H and O–H groups in total. The maximum Gasteiger partial charge on any atom is 0.228 e. The standard InChI is InChI=1S/C26H30F2N2O2S/c1-17-3-5-19-15-21(27)7-9-23(19)29(17)25(31)11-13-33-14-12-26(32)30-18(2)4-6-20-16-22(28)8-10-24(20)30/h7-10,15-18H,3-6,11-14H2,1-2H3/t17-,18-/m1/s1. The molecule has 0 unspecified atom stereocenters. The van der Waals surface area contributed by atoms with Crippen molar-refractivity contribution >= 4 is 35.0 Å². The van der Waals surface area contributed by atoms with E-state index in [1.54, 1.807) is 33.7 Å². The highest BCUT2D eigenvalue weighted by Gasteiger charge is 2.29. The Hall–Kier alpha value is -2.41. The van der Waals surface area contributed by atoms with Crippen LogP contribution in [0.25, 0.3) is 0 Å². The van der Waals surface area contributed by atoms with Gasteiger partial charge >= 0.3 is 0 Å². The Morgan fingerprint density at radius 1 is 0.818 bits per heavy atom. The predicted octanol–water partition coefficient (Wildman–Crippen LogP) is 5.51. The molecule has 33 heavy (non-hydrogen) atoms. The molecule has 4 nitrogen and oxygen atoms in total. The summed E-state index contributed by atoms with van der Waals surface area (Å²) in [5.74, 6) is 0.786. The second kappa shape index (κ2) is 10.2. The van der Waals surface area contributed by atoms with Crippen LogP contribution in [0.5, 0.6) is 0 Å². The number of rotatable bonds is 6. The van der Waals surface area contributed by atoms with E-state index in [0.29, 0.717) is 24.3 Å². The highest BCUT2D eigenvalue weighted by Crippen LogP contribution is 2.33. The van der Waals surface area contributed by atoms with Crippen molar-refractivity contribution < 1.29 is 18.4 Å². The quantitative estimate of drug-likeness (QED) is 0.520. The van der Waals surface area contributed by atoms with Crippen LogP contribution >= 0.6 is 11.8 Å². The predicted molar refractivity (Wildman–Crippen MR) is 130 cm³/mol. The van der Waals surface area contributed by atoms with Gasteiger partial charge in [-0.2, -0.15) is 11.8 Å². The summed E-state index contributed by atoms with van der Waals surface area (Å²) in [4.78, 5) is 29.4. The van der Waals surface area contributed by atoms with Gasteiger partial charge in [-0.15, -0.1) is 0 Å². The Morgan fingerprint density at radius 3 is 1.67 bits per heavy atom. The number of amides is 2. The Morgan fingerprint density at radius 2 is 1.24 bits per heavy atom. The second-order valence-corrected chi connectivity index (χ2v) is 10.2. The molecule has 0 aromatic heterocycles. The van der Waals surface area contributed by atoms with Crippen molar-refractivity contribution in [1.82, 2.24) is 0 Å². The molecule has 2 aromatic carbocycles. The Bertz CT molecular complexity index is 963. The van der Waals surface area contributed by atoms with Crippen molar-refractivity contribution in [3.05, 3.63) is 59.2 Å². The first-order valence-electron chi connectivity index (χ1n) is 11.6. The number of carbonyl (C=O) groups excluding carboxylic acids is 2. The Kier molecular flexibility index (Phi) is 7.37. The molecule has 2 amide bonds. The van der Waals surface area contributed by atoms with Gasteiger partial charge < -0.3 is 9.80 Å². The van der Waals surface area contributed by atoms with Gasteiger partial charge in [-0.1, -0.05) is 0 Å². The van der Waals surface area contributed by atoms with Crippen LogP contribution in [0.1, 0.15) is 50.7 Å². The minimum atomic E-state index is -0.272. The highest BCUT2D eigenvalue weighted by molar-refractivity contribution is 7.99. The van der Waals surface area contributed by atoms with Crippen molar-refractivity contribution in [2.24, 2.45) is 0 Å². The van der Waals surface area contributed by atoms with Gasteiger partial charge in [0.05, 0.1) is 0 Å². The van der Waals surface area contributed by atoms with Gasteiger partial charge in [0, 0.05) is 47.8 Å². The molecular weight excluding hydrogens is 442 g/mol.